The lowest BCUT2D eigenvalue weighted by molar-refractivity contribution is 0.0760. The SMILES string of the molecule is CCn1nc(C)c(C(=O)N2CCCCCC2)c1C. The lowest BCUT2D eigenvalue weighted by Gasteiger charge is -2.20. The molecule has 1 aliphatic heterocycles. The van der Waals surface area contributed by atoms with Gasteiger partial charge in [-0.1, -0.05) is 12.8 Å². The van der Waals surface area contributed by atoms with Crippen LogP contribution in [-0.2, 0) is 6.54 Å². The van der Waals surface area contributed by atoms with Gasteiger partial charge in [-0.25, -0.2) is 0 Å². The van der Waals surface area contributed by atoms with Gasteiger partial charge in [-0.05, 0) is 33.6 Å². The molecule has 0 spiro atoms. The van der Waals surface area contributed by atoms with Crippen molar-refractivity contribution in [1.82, 2.24) is 14.7 Å². The molecule has 0 bridgehead atoms. The van der Waals surface area contributed by atoms with E-state index in [0.29, 0.717) is 0 Å². The summed E-state index contributed by atoms with van der Waals surface area (Å²) in [5.74, 6) is 0.173. The number of hydrogen-bond donors (Lipinski definition) is 0. The molecule has 4 nitrogen and oxygen atoms in total. The van der Waals surface area contributed by atoms with Gasteiger partial charge in [0.05, 0.1) is 11.3 Å². The molecule has 0 aliphatic carbocycles. The van der Waals surface area contributed by atoms with E-state index in [-0.39, 0.29) is 5.91 Å². The molecule has 1 saturated heterocycles. The van der Waals surface area contributed by atoms with Crippen LogP contribution >= 0.6 is 0 Å². The highest BCUT2D eigenvalue weighted by atomic mass is 16.2. The van der Waals surface area contributed by atoms with Gasteiger partial charge >= 0.3 is 0 Å². The Morgan fingerprint density at radius 1 is 1.17 bits per heavy atom. The summed E-state index contributed by atoms with van der Waals surface area (Å²) in [6.45, 7) is 8.60. The molecule has 100 valence electrons. The predicted molar refractivity (Wildman–Crippen MR) is 71.7 cm³/mol. The standard InChI is InChI=1S/C14H23N3O/c1-4-17-12(3)13(11(2)15-17)14(18)16-9-7-5-6-8-10-16/h4-10H2,1-3H3. The van der Waals surface area contributed by atoms with Gasteiger partial charge in [0.1, 0.15) is 0 Å². The molecule has 1 amide bonds. The third-order valence-electron chi connectivity index (χ3n) is 3.79. The van der Waals surface area contributed by atoms with E-state index in [4.69, 9.17) is 0 Å². The van der Waals surface area contributed by atoms with Crippen LogP contribution in [0.15, 0.2) is 0 Å². The second kappa shape index (κ2) is 5.55. The minimum absolute atomic E-state index is 0.173. The second-order valence-electron chi connectivity index (χ2n) is 5.07. The fourth-order valence-corrected chi connectivity index (χ4v) is 2.75. The molecule has 0 aromatic carbocycles. The Morgan fingerprint density at radius 2 is 1.78 bits per heavy atom. The van der Waals surface area contributed by atoms with Gasteiger partial charge in [0, 0.05) is 25.3 Å². The summed E-state index contributed by atoms with van der Waals surface area (Å²) in [6.07, 6.45) is 4.75. The van der Waals surface area contributed by atoms with Crippen LogP contribution < -0.4 is 0 Å². The van der Waals surface area contributed by atoms with Crippen molar-refractivity contribution < 1.29 is 4.79 Å². The van der Waals surface area contributed by atoms with Gasteiger partial charge in [-0.15, -0.1) is 0 Å². The number of carbonyl (C=O) groups is 1. The second-order valence-corrected chi connectivity index (χ2v) is 5.07. The fourth-order valence-electron chi connectivity index (χ4n) is 2.75. The Labute approximate surface area is 109 Å². The number of aryl methyl sites for hydroxylation is 2. The van der Waals surface area contributed by atoms with E-state index < -0.39 is 0 Å². The smallest absolute Gasteiger partial charge is 0.257 e. The summed E-state index contributed by atoms with van der Waals surface area (Å²) in [5, 5.41) is 4.44. The van der Waals surface area contributed by atoms with Crippen molar-refractivity contribution in [2.24, 2.45) is 0 Å². The van der Waals surface area contributed by atoms with E-state index in [1.54, 1.807) is 0 Å². The van der Waals surface area contributed by atoms with E-state index in [1.165, 1.54) is 12.8 Å². The molecule has 2 rings (SSSR count). The Balaban J connectivity index is 2.24. The number of nitrogens with zero attached hydrogens (tertiary/aromatic N) is 3. The molecule has 1 aromatic rings. The van der Waals surface area contributed by atoms with Crippen LogP contribution in [0.3, 0.4) is 0 Å². The van der Waals surface area contributed by atoms with E-state index >= 15 is 0 Å². The van der Waals surface area contributed by atoms with E-state index in [1.807, 2.05) is 23.4 Å². The number of likely N-dealkylation sites (tertiary alicyclic amines) is 1. The van der Waals surface area contributed by atoms with E-state index in [9.17, 15) is 4.79 Å². The lowest BCUT2D eigenvalue weighted by Crippen LogP contribution is -2.32. The van der Waals surface area contributed by atoms with Crippen molar-refractivity contribution >= 4 is 5.91 Å². The fraction of sp³-hybridized carbons (Fsp3) is 0.714. The summed E-state index contributed by atoms with van der Waals surface area (Å²) in [4.78, 5) is 14.6. The molecule has 0 radical (unpaired) electrons. The molecule has 0 N–H and O–H groups in total. The molecular formula is C14H23N3O. The molecule has 0 atom stereocenters. The molecule has 1 fully saturated rings. The van der Waals surface area contributed by atoms with Crippen LogP contribution in [0.1, 0.15) is 54.4 Å². The van der Waals surface area contributed by atoms with Crippen LogP contribution in [0.25, 0.3) is 0 Å². The average molecular weight is 249 g/mol. The van der Waals surface area contributed by atoms with Gasteiger partial charge in [0.2, 0.25) is 0 Å². The Hall–Kier alpha value is -1.32. The van der Waals surface area contributed by atoms with Gasteiger partial charge in [-0.2, -0.15) is 5.10 Å². The molecular weight excluding hydrogens is 226 g/mol. The minimum atomic E-state index is 0.173. The first kappa shape index (κ1) is 13.1. The molecule has 2 heterocycles. The first-order chi connectivity index (χ1) is 8.65. The maximum absolute atomic E-state index is 12.6. The van der Waals surface area contributed by atoms with Crippen molar-refractivity contribution in [2.75, 3.05) is 13.1 Å². The van der Waals surface area contributed by atoms with E-state index in [2.05, 4.69) is 12.0 Å². The quantitative estimate of drug-likeness (QED) is 0.808. The highest BCUT2D eigenvalue weighted by Gasteiger charge is 2.23. The van der Waals surface area contributed by atoms with Crippen LogP contribution in [0, 0.1) is 13.8 Å². The molecule has 1 aliphatic rings. The van der Waals surface area contributed by atoms with Crippen LogP contribution in [-0.4, -0.2) is 33.7 Å². The first-order valence-corrected chi connectivity index (χ1v) is 6.98. The van der Waals surface area contributed by atoms with Crippen molar-refractivity contribution in [2.45, 2.75) is 53.0 Å². The van der Waals surface area contributed by atoms with Crippen molar-refractivity contribution in [3.63, 3.8) is 0 Å². The van der Waals surface area contributed by atoms with E-state index in [0.717, 1.165) is 49.4 Å². The highest BCUT2D eigenvalue weighted by molar-refractivity contribution is 5.96. The molecule has 4 heteroatoms. The Kier molecular flexibility index (Phi) is 4.04. The zero-order chi connectivity index (χ0) is 13.1. The molecule has 18 heavy (non-hydrogen) atoms. The summed E-state index contributed by atoms with van der Waals surface area (Å²) < 4.78 is 1.92. The zero-order valence-corrected chi connectivity index (χ0v) is 11.7. The third-order valence-corrected chi connectivity index (χ3v) is 3.79. The number of aromatic nitrogens is 2. The third kappa shape index (κ3) is 2.42. The first-order valence-electron chi connectivity index (χ1n) is 6.98. The maximum atomic E-state index is 12.6. The minimum Gasteiger partial charge on any atom is -0.339 e. The number of amides is 1. The van der Waals surface area contributed by atoms with Crippen LogP contribution in [0.2, 0.25) is 0 Å². The van der Waals surface area contributed by atoms with Gasteiger partial charge in [-0.3, -0.25) is 9.48 Å². The van der Waals surface area contributed by atoms with Gasteiger partial charge in [0.15, 0.2) is 0 Å². The lowest BCUT2D eigenvalue weighted by atomic mass is 10.1. The monoisotopic (exact) mass is 249 g/mol. The number of rotatable bonds is 2. The normalized spacial score (nSPS) is 16.7. The Morgan fingerprint density at radius 3 is 2.28 bits per heavy atom. The van der Waals surface area contributed by atoms with Gasteiger partial charge in [0.25, 0.3) is 5.91 Å². The summed E-state index contributed by atoms with van der Waals surface area (Å²) in [7, 11) is 0. The maximum Gasteiger partial charge on any atom is 0.257 e. The average Bonchev–Trinajstić information content (AvgIpc) is 2.58. The summed E-state index contributed by atoms with van der Waals surface area (Å²) in [5.41, 5.74) is 2.69. The Bertz CT molecular complexity index is 428. The van der Waals surface area contributed by atoms with Gasteiger partial charge < -0.3 is 4.90 Å². The largest absolute Gasteiger partial charge is 0.339 e. The highest BCUT2D eigenvalue weighted by Crippen LogP contribution is 2.18. The summed E-state index contributed by atoms with van der Waals surface area (Å²) >= 11 is 0. The predicted octanol–water partition coefficient (Wildman–Crippen LogP) is 2.54. The number of hydrogen-bond acceptors (Lipinski definition) is 2. The summed E-state index contributed by atoms with van der Waals surface area (Å²) in [6, 6.07) is 0. The van der Waals surface area contributed by atoms with Crippen molar-refractivity contribution in [3.05, 3.63) is 17.0 Å². The molecule has 1 aromatic heterocycles. The van der Waals surface area contributed by atoms with Crippen molar-refractivity contribution in [3.8, 4) is 0 Å². The van der Waals surface area contributed by atoms with Crippen LogP contribution in [0.4, 0.5) is 0 Å². The number of carbonyl (C=O) groups excluding carboxylic acids is 1. The zero-order valence-electron chi connectivity index (χ0n) is 11.7. The van der Waals surface area contributed by atoms with Crippen molar-refractivity contribution in [1.29, 1.82) is 0 Å². The topological polar surface area (TPSA) is 38.1 Å². The van der Waals surface area contributed by atoms with Crippen LogP contribution in [0.5, 0.6) is 0 Å². The molecule has 0 unspecified atom stereocenters. The molecule has 0 saturated carbocycles.